The van der Waals surface area contributed by atoms with Crippen molar-refractivity contribution in [2.45, 2.75) is 6.92 Å². The summed E-state index contributed by atoms with van der Waals surface area (Å²) >= 11 is 1.88. The number of allylic oxidation sites excluding steroid dienone is 1. The van der Waals surface area contributed by atoms with Crippen molar-refractivity contribution in [3.63, 3.8) is 0 Å². The molecule has 3 nitrogen and oxygen atoms in total. The summed E-state index contributed by atoms with van der Waals surface area (Å²) in [6.07, 6.45) is 3.74. The van der Waals surface area contributed by atoms with E-state index >= 15 is 0 Å². The van der Waals surface area contributed by atoms with Crippen LogP contribution in [0.3, 0.4) is 0 Å². The van der Waals surface area contributed by atoms with Crippen molar-refractivity contribution in [1.29, 1.82) is 0 Å². The number of nitrogens with zero attached hydrogens (tertiary/aromatic N) is 3. The third-order valence-corrected chi connectivity index (χ3v) is 8.52. The predicted molar refractivity (Wildman–Crippen MR) is 176 cm³/mol. The fourth-order valence-corrected chi connectivity index (χ4v) is 6.88. The zero-order valence-corrected chi connectivity index (χ0v) is 23.5. The fourth-order valence-electron chi connectivity index (χ4n) is 5.52. The van der Waals surface area contributed by atoms with Gasteiger partial charge in [-0.2, -0.15) is 0 Å². The molecule has 0 saturated heterocycles. The molecule has 4 heteroatoms. The molecule has 0 atom stereocenters. The Balaban J connectivity index is 0.000000884. The molecule has 8 rings (SSSR count). The van der Waals surface area contributed by atoms with Crippen molar-refractivity contribution in [3.05, 3.63) is 140 Å². The van der Waals surface area contributed by atoms with Crippen LogP contribution in [0.4, 0.5) is 0 Å². The minimum atomic E-state index is 0.724. The summed E-state index contributed by atoms with van der Waals surface area (Å²) in [5.41, 5.74) is 6.35. The van der Waals surface area contributed by atoms with Gasteiger partial charge in [-0.25, -0.2) is 9.97 Å². The molecule has 0 fully saturated rings. The lowest BCUT2D eigenvalue weighted by atomic mass is 10.1. The lowest BCUT2D eigenvalue weighted by molar-refractivity contribution is 1.09. The fraction of sp³-hybridized carbons (Fsp3) is 0.0270. The van der Waals surface area contributed by atoms with E-state index in [1.54, 1.807) is 6.08 Å². The van der Waals surface area contributed by atoms with Gasteiger partial charge in [0.1, 0.15) is 0 Å². The van der Waals surface area contributed by atoms with Gasteiger partial charge in [-0.3, -0.25) is 0 Å². The molecule has 0 aliphatic heterocycles. The Morgan fingerprint density at radius 3 is 2.05 bits per heavy atom. The monoisotopic (exact) mass is 545 g/mol. The maximum absolute atomic E-state index is 5.17. The highest BCUT2D eigenvalue weighted by Crippen LogP contribution is 2.45. The van der Waals surface area contributed by atoms with Crippen molar-refractivity contribution < 1.29 is 0 Å². The van der Waals surface area contributed by atoms with Crippen LogP contribution in [0.2, 0.25) is 0 Å². The topological polar surface area (TPSA) is 30.7 Å². The molecule has 5 aromatic carbocycles. The van der Waals surface area contributed by atoms with Gasteiger partial charge >= 0.3 is 0 Å². The van der Waals surface area contributed by atoms with E-state index in [1.165, 1.54) is 36.5 Å². The quantitative estimate of drug-likeness (QED) is 0.207. The highest BCUT2D eigenvalue weighted by molar-refractivity contribution is 7.27. The highest BCUT2D eigenvalue weighted by Gasteiger charge is 2.22. The lowest BCUT2D eigenvalue weighted by Crippen LogP contribution is -2.02. The van der Waals surface area contributed by atoms with Crippen LogP contribution in [-0.2, 0) is 0 Å². The Hall–Kier alpha value is -5.06. The summed E-state index contributed by atoms with van der Waals surface area (Å²) in [5.74, 6) is 0.724. The van der Waals surface area contributed by atoms with Gasteiger partial charge in [0.25, 0.3) is 0 Å². The zero-order valence-electron chi connectivity index (χ0n) is 22.7. The molecular formula is C37H27N3S. The van der Waals surface area contributed by atoms with E-state index in [-0.39, 0.29) is 0 Å². The van der Waals surface area contributed by atoms with E-state index < -0.39 is 0 Å². The Labute approximate surface area is 242 Å². The molecule has 196 valence electrons. The third kappa shape index (κ3) is 4.21. The van der Waals surface area contributed by atoms with Crippen molar-refractivity contribution in [2.75, 3.05) is 0 Å². The second-order valence-corrected chi connectivity index (χ2v) is 10.9. The first-order valence-electron chi connectivity index (χ1n) is 13.7. The molecule has 0 unspecified atom stereocenters. The highest BCUT2D eigenvalue weighted by atomic mass is 32.1. The van der Waals surface area contributed by atoms with Crippen LogP contribution in [0.15, 0.2) is 140 Å². The Morgan fingerprint density at radius 2 is 1.29 bits per heavy atom. The number of hydrogen-bond donors (Lipinski definition) is 0. The second kappa shape index (κ2) is 10.5. The van der Waals surface area contributed by atoms with Crippen LogP contribution < -0.4 is 0 Å². The van der Waals surface area contributed by atoms with E-state index in [2.05, 4.69) is 108 Å². The van der Waals surface area contributed by atoms with Crippen molar-refractivity contribution in [3.8, 4) is 28.3 Å². The standard InChI is InChI=1S/C34H21N3S.C3H6/c1-3-12-23(13-4-1)30-29(21-35-34(36-30)24-14-5-2-6-15-24)37-28-18-10-9-17-26(28)33-31(37)27-20-19-22-11-7-8-16-25(22)32(27)38-33;1-3-2/h1-21H;3H,1H2,2H3. The molecule has 0 aliphatic rings. The third-order valence-electron chi connectivity index (χ3n) is 7.26. The summed E-state index contributed by atoms with van der Waals surface area (Å²) < 4.78 is 4.98. The van der Waals surface area contributed by atoms with Crippen LogP contribution in [0.1, 0.15) is 6.92 Å². The molecule has 3 aromatic heterocycles. The van der Waals surface area contributed by atoms with Gasteiger partial charge in [0.2, 0.25) is 0 Å². The van der Waals surface area contributed by atoms with Crippen molar-refractivity contribution in [1.82, 2.24) is 14.5 Å². The van der Waals surface area contributed by atoms with Crippen LogP contribution in [0.25, 0.3) is 70.3 Å². The molecule has 0 radical (unpaired) electrons. The molecule has 0 aliphatic carbocycles. The average Bonchev–Trinajstić information content (AvgIpc) is 3.57. The predicted octanol–water partition coefficient (Wildman–Crippen LogP) is 10.5. The van der Waals surface area contributed by atoms with Crippen LogP contribution in [0.5, 0.6) is 0 Å². The first-order valence-corrected chi connectivity index (χ1v) is 14.5. The summed E-state index contributed by atoms with van der Waals surface area (Å²) in [7, 11) is 0. The molecule has 3 heterocycles. The smallest absolute Gasteiger partial charge is 0.159 e. The molecule has 41 heavy (non-hydrogen) atoms. The van der Waals surface area contributed by atoms with Gasteiger partial charge in [0, 0.05) is 26.6 Å². The molecule has 0 bridgehead atoms. The average molecular weight is 546 g/mol. The van der Waals surface area contributed by atoms with Gasteiger partial charge < -0.3 is 4.57 Å². The Morgan fingerprint density at radius 1 is 0.659 bits per heavy atom. The zero-order chi connectivity index (χ0) is 27.8. The molecule has 8 aromatic rings. The van der Waals surface area contributed by atoms with Crippen molar-refractivity contribution in [2.24, 2.45) is 0 Å². The van der Waals surface area contributed by atoms with Gasteiger partial charge in [-0.1, -0.05) is 121 Å². The van der Waals surface area contributed by atoms with Crippen LogP contribution >= 0.6 is 11.3 Å². The van der Waals surface area contributed by atoms with E-state index in [0.717, 1.165) is 33.8 Å². The number of aromatic nitrogens is 3. The SMILES string of the molecule is C=CC.c1ccc(-c2ncc(-n3c4ccccc4c4sc5c6ccccc6ccc5c43)c(-c3ccccc3)n2)cc1. The molecule has 0 spiro atoms. The first kappa shape index (κ1) is 24.9. The molecule has 0 N–H and O–H groups in total. The number of thiophene rings is 1. The maximum Gasteiger partial charge on any atom is 0.159 e. The summed E-state index contributed by atoms with van der Waals surface area (Å²) in [6.45, 7) is 5.25. The minimum Gasteiger partial charge on any atom is -0.304 e. The van der Waals surface area contributed by atoms with E-state index in [4.69, 9.17) is 9.97 Å². The van der Waals surface area contributed by atoms with Gasteiger partial charge in [-0.05, 0) is 23.8 Å². The second-order valence-electron chi connectivity index (χ2n) is 9.86. The minimum absolute atomic E-state index is 0.724. The van der Waals surface area contributed by atoms with E-state index in [0.29, 0.717) is 0 Å². The number of para-hydroxylation sites is 1. The van der Waals surface area contributed by atoms with Gasteiger partial charge in [0.15, 0.2) is 5.82 Å². The number of hydrogen-bond acceptors (Lipinski definition) is 3. The summed E-state index contributed by atoms with van der Waals surface area (Å²) in [5, 5.41) is 5.06. The largest absolute Gasteiger partial charge is 0.304 e. The molecule has 0 amide bonds. The van der Waals surface area contributed by atoms with E-state index in [1.807, 2.05) is 48.7 Å². The molecule has 0 saturated carbocycles. The van der Waals surface area contributed by atoms with Crippen molar-refractivity contribution >= 4 is 53.3 Å². The summed E-state index contributed by atoms with van der Waals surface area (Å²) in [6, 6.07) is 42.5. The number of benzene rings is 5. The van der Waals surface area contributed by atoms with Crippen LogP contribution in [-0.4, -0.2) is 14.5 Å². The van der Waals surface area contributed by atoms with E-state index in [9.17, 15) is 0 Å². The normalized spacial score (nSPS) is 11.1. The maximum atomic E-state index is 5.17. The Bertz CT molecular complexity index is 2170. The van der Waals surface area contributed by atoms with Gasteiger partial charge in [0.05, 0.1) is 33.3 Å². The Kier molecular flexibility index (Phi) is 6.38. The van der Waals surface area contributed by atoms with Crippen LogP contribution in [0, 0.1) is 0 Å². The molecular weight excluding hydrogens is 518 g/mol. The first-order chi connectivity index (χ1) is 20.3. The van der Waals surface area contributed by atoms with Gasteiger partial charge in [-0.15, -0.1) is 17.9 Å². The lowest BCUT2D eigenvalue weighted by Gasteiger charge is -2.14. The number of rotatable bonds is 3. The summed E-state index contributed by atoms with van der Waals surface area (Å²) in [4.78, 5) is 10.1. The number of fused-ring (bicyclic) bond motifs is 7.